The molecule has 0 bridgehead atoms. The van der Waals surface area contributed by atoms with Gasteiger partial charge < -0.3 is 25.0 Å². The van der Waals surface area contributed by atoms with E-state index < -0.39 is 47.2 Å². The number of carbonyl (C=O) groups is 4. The number of rotatable bonds is 12. The van der Waals surface area contributed by atoms with Gasteiger partial charge in [-0.15, -0.1) is 0 Å². The van der Waals surface area contributed by atoms with Crippen LogP contribution in [0.2, 0.25) is 0 Å². The topological polar surface area (TPSA) is 114 Å². The molecular weight excluding hydrogens is 522 g/mol. The van der Waals surface area contributed by atoms with Crippen LogP contribution in [0.4, 0.5) is 4.79 Å². The molecule has 2 rings (SSSR count). The molecule has 0 saturated carbocycles. The zero-order chi connectivity index (χ0) is 30.6. The maximum atomic E-state index is 14.0. The minimum atomic E-state index is -1.05. The van der Waals surface area contributed by atoms with Crippen LogP contribution >= 0.6 is 0 Å². The fourth-order valence-corrected chi connectivity index (χ4v) is 4.06. The maximum Gasteiger partial charge on any atom is 0.408 e. The molecule has 41 heavy (non-hydrogen) atoms. The predicted octanol–water partition coefficient (Wildman–Crippen LogP) is 4.95. The molecule has 9 heteroatoms. The molecule has 9 nitrogen and oxygen atoms in total. The number of nitrogens with zero attached hydrogens (tertiary/aromatic N) is 1. The molecule has 0 aromatic heterocycles. The van der Waals surface area contributed by atoms with Gasteiger partial charge in [-0.1, -0.05) is 74.0 Å². The summed E-state index contributed by atoms with van der Waals surface area (Å²) in [6.45, 7) is 12.4. The molecule has 2 aromatic carbocycles. The van der Waals surface area contributed by atoms with Crippen LogP contribution in [-0.2, 0) is 30.3 Å². The van der Waals surface area contributed by atoms with Gasteiger partial charge in [-0.3, -0.25) is 9.59 Å². The van der Waals surface area contributed by atoms with Crippen molar-refractivity contribution in [2.45, 2.75) is 91.0 Å². The summed E-state index contributed by atoms with van der Waals surface area (Å²) in [7, 11) is 0. The van der Waals surface area contributed by atoms with Crippen LogP contribution in [0.15, 0.2) is 60.7 Å². The van der Waals surface area contributed by atoms with Gasteiger partial charge in [0.05, 0.1) is 0 Å². The molecule has 3 amide bonds. The van der Waals surface area contributed by atoms with Gasteiger partial charge in [-0.2, -0.15) is 0 Å². The third-order valence-corrected chi connectivity index (χ3v) is 5.82. The lowest BCUT2D eigenvalue weighted by Gasteiger charge is -2.33. The molecule has 2 unspecified atom stereocenters. The third kappa shape index (κ3) is 12.0. The van der Waals surface area contributed by atoms with Gasteiger partial charge in [-0.05, 0) is 59.1 Å². The number of amides is 3. The Bertz CT molecular complexity index is 1140. The first-order valence-corrected chi connectivity index (χ1v) is 14.1. The zero-order valence-corrected chi connectivity index (χ0v) is 25.4. The summed E-state index contributed by atoms with van der Waals surface area (Å²) in [4.78, 5) is 54.5. The maximum absolute atomic E-state index is 14.0. The molecule has 0 fully saturated rings. The van der Waals surface area contributed by atoms with Gasteiger partial charge in [0.25, 0.3) is 0 Å². The number of benzene rings is 2. The second-order valence-corrected chi connectivity index (χ2v) is 11.9. The summed E-state index contributed by atoms with van der Waals surface area (Å²) in [5.41, 5.74) is -0.0575. The SMILES string of the molecule is CCCCN(C(=O)CNC(=O)OC(C)(C)C)C(C(=O)NC(Cc1ccccc1)C(=O)OC(C)(C)C)c1ccccc1. The number of unbranched alkanes of at least 4 members (excludes halogenated alkanes) is 1. The van der Waals surface area contributed by atoms with E-state index in [1.54, 1.807) is 65.8 Å². The Balaban J connectivity index is 2.40. The Morgan fingerprint density at radius 1 is 0.829 bits per heavy atom. The molecule has 0 aliphatic rings. The van der Waals surface area contributed by atoms with E-state index in [0.717, 1.165) is 12.0 Å². The van der Waals surface area contributed by atoms with Crippen LogP contribution in [-0.4, -0.2) is 59.1 Å². The average Bonchev–Trinajstić information content (AvgIpc) is 2.88. The van der Waals surface area contributed by atoms with Crippen LogP contribution < -0.4 is 10.6 Å². The summed E-state index contributed by atoms with van der Waals surface area (Å²) in [5.74, 6) is -1.55. The highest BCUT2D eigenvalue weighted by atomic mass is 16.6. The summed E-state index contributed by atoms with van der Waals surface area (Å²) in [6.07, 6.45) is 0.899. The number of carbonyl (C=O) groups excluding carboxylic acids is 4. The van der Waals surface area contributed by atoms with E-state index in [1.165, 1.54) is 4.90 Å². The van der Waals surface area contributed by atoms with E-state index in [-0.39, 0.29) is 19.5 Å². The Hall–Kier alpha value is -3.88. The Morgan fingerprint density at radius 2 is 1.39 bits per heavy atom. The van der Waals surface area contributed by atoms with Crippen LogP contribution in [0.1, 0.15) is 78.5 Å². The van der Waals surface area contributed by atoms with E-state index >= 15 is 0 Å². The molecule has 0 spiro atoms. The molecule has 224 valence electrons. The number of ether oxygens (including phenoxy) is 2. The molecule has 0 saturated heterocycles. The van der Waals surface area contributed by atoms with Crippen molar-refractivity contribution in [1.29, 1.82) is 0 Å². The van der Waals surface area contributed by atoms with Crippen molar-refractivity contribution in [2.24, 2.45) is 0 Å². The highest BCUT2D eigenvalue weighted by Crippen LogP contribution is 2.23. The van der Waals surface area contributed by atoms with E-state index in [0.29, 0.717) is 12.0 Å². The minimum absolute atomic E-state index is 0.214. The van der Waals surface area contributed by atoms with Gasteiger partial charge in [0.1, 0.15) is 29.8 Å². The fraction of sp³-hybridized carbons (Fsp3) is 0.500. The van der Waals surface area contributed by atoms with Gasteiger partial charge >= 0.3 is 12.1 Å². The molecule has 2 atom stereocenters. The monoisotopic (exact) mass is 567 g/mol. The Morgan fingerprint density at radius 3 is 1.93 bits per heavy atom. The third-order valence-electron chi connectivity index (χ3n) is 5.82. The predicted molar refractivity (Wildman–Crippen MR) is 158 cm³/mol. The van der Waals surface area contributed by atoms with E-state index in [4.69, 9.17) is 9.47 Å². The second kappa shape index (κ2) is 15.2. The van der Waals surface area contributed by atoms with E-state index in [2.05, 4.69) is 10.6 Å². The lowest BCUT2D eigenvalue weighted by molar-refractivity contribution is -0.159. The van der Waals surface area contributed by atoms with Crippen molar-refractivity contribution < 1.29 is 28.7 Å². The highest BCUT2D eigenvalue weighted by Gasteiger charge is 2.35. The number of esters is 1. The lowest BCUT2D eigenvalue weighted by atomic mass is 10.0. The van der Waals surface area contributed by atoms with Crippen molar-refractivity contribution in [3.05, 3.63) is 71.8 Å². The van der Waals surface area contributed by atoms with Gasteiger partial charge in [0, 0.05) is 13.0 Å². The van der Waals surface area contributed by atoms with Gasteiger partial charge in [0.15, 0.2) is 0 Å². The summed E-state index contributed by atoms with van der Waals surface area (Å²) in [6, 6.07) is 16.2. The molecule has 0 aliphatic heterocycles. The number of hydrogen-bond donors (Lipinski definition) is 2. The van der Waals surface area contributed by atoms with Crippen LogP contribution in [0.5, 0.6) is 0 Å². The standard InChI is InChI=1S/C32H45N3O6/c1-8-9-20-35(26(36)22-33-30(39)41-32(5,6)7)27(24-18-14-11-15-19-24)28(37)34-25(29(38)40-31(2,3)4)21-23-16-12-10-13-17-23/h10-19,25,27H,8-9,20-22H2,1-7H3,(H,33,39)(H,34,37). The first-order chi connectivity index (χ1) is 19.2. The number of alkyl carbamates (subject to hydrolysis) is 1. The molecule has 2 aromatic rings. The van der Waals surface area contributed by atoms with Crippen LogP contribution in [0.3, 0.4) is 0 Å². The van der Waals surface area contributed by atoms with Crippen molar-refractivity contribution in [3.8, 4) is 0 Å². The normalized spacial score (nSPS) is 13.0. The number of hydrogen-bond acceptors (Lipinski definition) is 6. The van der Waals surface area contributed by atoms with Crippen LogP contribution in [0.25, 0.3) is 0 Å². The minimum Gasteiger partial charge on any atom is -0.458 e. The molecular formula is C32H45N3O6. The van der Waals surface area contributed by atoms with Crippen molar-refractivity contribution in [3.63, 3.8) is 0 Å². The Kier molecular flexibility index (Phi) is 12.4. The Labute approximate surface area is 244 Å². The summed E-state index contributed by atoms with van der Waals surface area (Å²) < 4.78 is 10.9. The van der Waals surface area contributed by atoms with Gasteiger partial charge in [-0.25, -0.2) is 9.59 Å². The van der Waals surface area contributed by atoms with E-state index in [9.17, 15) is 19.2 Å². The average molecular weight is 568 g/mol. The van der Waals surface area contributed by atoms with Crippen molar-refractivity contribution in [1.82, 2.24) is 15.5 Å². The van der Waals surface area contributed by atoms with Crippen LogP contribution in [0, 0.1) is 0 Å². The highest BCUT2D eigenvalue weighted by molar-refractivity contribution is 5.92. The lowest BCUT2D eigenvalue weighted by Crippen LogP contribution is -2.52. The van der Waals surface area contributed by atoms with E-state index in [1.807, 2.05) is 43.3 Å². The second-order valence-electron chi connectivity index (χ2n) is 11.9. The van der Waals surface area contributed by atoms with Crippen molar-refractivity contribution in [2.75, 3.05) is 13.1 Å². The molecule has 2 N–H and O–H groups in total. The van der Waals surface area contributed by atoms with Crippen molar-refractivity contribution >= 4 is 23.9 Å². The molecule has 0 heterocycles. The summed E-state index contributed by atoms with van der Waals surface area (Å²) >= 11 is 0. The quantitative estimate of drug-likeness (QED) is 0.351. The number of nitrogens with one attached hydrogen (secondary N) is 2. The smallest absolute Gasteiger partial charge is 0.408 e. The largest absolute Gasteiger partial charge is 0.458 e. The first kappa shape index (κ1) is 33.3. The molecule has 0 aliphatic carbocycles. The summed E-state index contributed by atoms with van der Waals surface area (Å²) in [5, 5.41) is 5.38. The van der Waals surface area contributed by atoms with Gasteiger partial charge in [0.2, 0.25) is 11.8 Å². The molecule has 0 radical (unpaired) electrons. The first-order valence-electron chi connectivity index (χ1n) is 14.1. The zero-order valence-electron chi connectivity index (χ0n) is 25.4. The fourth-order valence-electron chi connectivity index (χ4n) is 4.06.